The topological polar surface area (TPSA) is 78.9 Å². The fourth-order valence-corrected chi connectivity index (χ4v) is 1.59. The summed E-state index contributed by atoms with van der Waals surface area (Å²) in [7, 11) is 0. The molecule has 6 nitrogen and oxygen atoms in total. The Kier molecular flexibility index (Phi) is 1.55. The number of hydrogen-bond donors (Lipinski definition) is 0. The zero-order valence-electron chi connectivity index (χ0n) is 7.58. The first-order valence-corrected chi connectivity index (χ1v) is 4.40. The highest BCUT2D eigenvalue weighted by Crippen LogP contribution is 2.25. The smallest absolute Gasteiger partial charge is 0.191 e. The molecule has 15 heavy (non-hydrogen) atoms. The van der Waals surface area contributed by atoms with Gasteiger partial charge in [-0.25, -0.2) is 0 Å². The highest BCUT2D eigenvalue weighted by atomic mass is 16.1. The second-order valence-corrected chi connectivity index (χ2v) is 3.17. The second kappa shape index (κ2) is 2.88. The van der Waals surface area contributed by atoms with E-state index in [1.54, 1.807) is 12.3 Å². The molecule has 0 aromatic rings. The van der Waals surface area contributed by atoms with Crippen LogP contribution in [0.4, 0.5) is 0 Å². The molecule has 2 aliphatic heterocycles. The maximum absolute atomic E-state index is 11.6. The van der Waals surface area contributed by atoms with Gasteiger partial charge in [-0.05, 0) is 17.4 Å². The van der Waals surface area contributed by atoms with Gasteiger partial charge in [-0.15, -0.1) is 10.2 Å². The van der Waals surface area contributed by atoms with E-state index in [2.05, 4.69) is 25.6 Å². The van der Waals surface area contributed by atoms with Crippen molar-refractivity contribution in [2.45, 2.75) is 6.42 Å². The summed E-state index contributed by atoms with van der Waals surface area (Å²) >= 11 is 0. The van der Waals surface area contributed by atoms with Crippen LogP contribution in [0, 0.1) is 0 Å². The summed E-state index contributed by atoms with van der Waals surface area (Å²) in [6.45, 7) is 0. The van der Waals surface area contributed by atoms with Gasteiger partial charge in [0.1, 0.15) is 5.70 Å². The Morgan fingerprint density at radius 1 is 1.27 bits per heavy atom. The number of fused-ring (bicyclic) bond motifs is 2. The second-order valence-electron chi connectivity index (χ2n) is 3.17. The molecule has 3 aliphatic rings. The lowest BCUT2D eigenvalue weighted by Gasteiger charge is -2.12. The molecule has 0 spiro atoms. The molecule has 3 rings (SSSR count). The third-order valence-electron chi connectivity index (χ3n) is 2.27. The molecular formula is C9H5N5O. The van der Waals surface area contributed by atoms with E-state index in [4.69, 9.17) is 0 Å². The summed E-state index contributed by atoms with van der Waals surface area (Å²) in [6, 6.07) is 0. The van der Waals surface area contributed by atoms with Gasteiger partial charge in [0.05, 0.1) is 12.1 Å². The molecule has 0 aromatic heterocycles. The summed E-state index contributed by atoms with van der Waals surface area (Å²) < 4.78 is 0. The minimum atomic E-state index is -0.108. The van der Waals surface area contributed by atoms with Crippen LogP contribution in [-0.4, -0.2) is 23.4 Å². The zero-order valence-corrected chi connectivity index (χ0v) is 7.58. The molecule has 1 aliphatic carbocycles. The number of Topliss-reactive ketones (excluding diaryl/α,β-unsaturated/α-hetero) is 1. The van der Waals surface area contributed by atoms with Crippen LogP contribution in [0.3, 0.4) is 0 Å². The molecule has 0 amide bonds. The molecule has 0 bridgehead atoms. The van der Waals surface area contributed by atoms with Gasteiger partial charge in [0, 0.05) is 11.8 Å². The van der Waals surface area contributed by atoms with Crippen LogP contribution in [0.2, 0.25) is 0 Å². The number of hydrogen-bond acceptors (Lipinski definition) is 6. The Morgan fingerprint density at radius 3 is 3.13 bits per heavy atom. The molecule has 0 radical (unpaired) electrons. The largest absolute Gasteiger partial charge is 0.292 e. The summed E-state index contributed by atoms with van der Waals surface area (Å²) in [4.78, 5) is 11.6. The number of carbonyl (C=O) groups excluding carboxylic acids is 1. The Balaban J connectivity index is 2.27. The Labute approximate surface area is 84.5 Å². The van der Waals surface area contributed by atoms with Crippen molar-refractivity contribution in [3.05, 3.63) is 23.4 Å². The van der Waals surface area contributed by atoms with Crippen LogP contribution >= 0.6 is 0 Å². The van der Waals surface area contributed by atoms with E-state index in [0.717, 1.165) is 5.57 Å². The maximum Gasteiger partial charge on any atom is 0.191 e. The summed E-state index contributed by atoms with van der Waals surface area (Å²) in [5, 5.41) is 18.8. The highest BCUT2D eigenvalue weighted by Gasteiger charge is 2.32. The molecule has 0 aromatic carbocycles. The molecule has 0 atom stereocenters. The number of allylic oxidation sites excluding steroid dienone is 4. The average Bonchev–Trinajstić information content (AvgIpc) is 2.60. The van der Waals surface area contributed by atoms with Crippen LogP contribution in [0.1, 0.15) is 6.42 Å². The first kappa shape index (κ1) is 8.10. The minimum absolute atomic E-state index is 0.108. The first-order chi connectivity index (χ1) is 7.36. The van der Waals surface area contributed by atoms with Gasteiger partial charge in [0.25, 0.3) is 0 Å². The molecule has 2 heterocycles. The fraction of sp³-hybridized carbons (Fsp3) is 0.111. The van der Waals surface area contributed by atoms with E-state index >= 15 is 0 Å². The molecule has 0 fully saturated rings. The molecular weight excluding hydrogens is 194 g/mol. The molecule has 0 saturated heterocycles. The van der Waals surface area contributed by atoms with Crippen molar-refractivity contribution >= 4 is 23.4 Å². The molecule has 72 valence electrons. The van der Waals surface area contributed by atoms with Crippen molar-refractivity contribution in [1.82, 2.24) is 0 Å². The van der Waals surface area contributed by atoms with Crippen LogP contribution in [0.15, 0.2) is 49.1 Å². The molecule has 0 saturated carbocycles. The monoisotopic (exact) mass is 199 g/mol. The van der Waals surface area contributed by atoms with Crippen LogP contribution in [0.25, 0.3) is 0 Å². The third kappa shape index (κ3) is 1.11. The summed E-state index contributed by atoms with van der Waals surface area (Å²) in [5.41, 5.74) is 2.24. The molecule has 0 unspecified atom stereocenters. The first-order valence-electron chi connectivity index (χ1n) is 4.40. The minimum Gasteiger partial charge on any atom is -0.292 e. The van der Waals surface area contributed by atoms with Crippen molar-refractivity contribution in [3.63, 3.8) is 0 Å². The van der Waals surface area contributed by atoms with Crippen molar-refractivity contribution in [1.29, 1.82) is 0 Å². The van der Waals surface area contributed by atoms with E-state index in [-0.39, 0.29) is 12.2 Å². The van der Waals surface area contributed by atoms with E-state index in [9.17, 15) is 4.79 Å². The Hall–Kier alpha value is -2.24. The lowest BCUT2D eigenvalue weighted by molar-refractivity contribution is -0.111. The number of rotatable bonds is 0. The van der Waals surface area contributed by atoms with Crippen LogP contribution < -0.4 is 0 Å². The quantitative estimate of drug-likeness (QED) is 0.573. The van der Waals surface area contributed by atoms with E-state index in [0.29, 0.717) is 17.1 Å². The van der Waals surface area contributed by atoms with Gasteiger partial charge in [-0.2, -0.15) is 10.2 Å². The van der Waals surface area contributed by atoms with E-state index in [1.165, 1.54) is 0 Å². The fourth-order valence-electron chi connectivity index (χ4n) is 1.59. The standard InChI is InChI=1S/C9H5N5O/c15-7-4-6-5(2-1-3-10-11-6)8-9(7)13-14-12-8/h1-3H,4H2. The third-order valence-corrected chi connectivity index (χ3v) is 2.27. The van der Waals surface area contributed by atoms with Gasteiger partial charge in [-0.3, -0.25) is 4.79 Å². The normalized spacial score (nSPS) is 22.3. The van der Waals surface area contributed by atoms with Crippen molar-refractivity contribution in [2.24, 2.45) is 25.6 Å². The Morgan fingerprint density at radius 2 is 2.20 bits per heavy atom. The number of nitrogens with zero attached hydrogens (tertiary/aromatic N) is 5. The summed E-state index contributed by atoms with van der Waals surface area (Å²) in [6.07, 6.45) is 5.34. The van der Waals surface area contributed by atoms with Crippen LogP contribution in [0.5, 0.6) is 0 Å². The van der Waals surface area contributed by atoms with Gasteiger partial charge < -0.3 is 0 Å². The lowest BCUT2D eigenvalue weighted by atomic mass is 9.92. The van der Waals surface area contributed by atoms with Crippen molar-refractivity contribution in [2.75, 3.05) is 0 Å². The molecule has 0 N–H and O–H groups in total. The SMILES string of the molecule is O=C1CC2=NN=CC=CC2=C2N=NN=C12. The van der Waals surface area contributed by atoms with Crippen LogP contribution in [-0.2, 0) is 4.79 Å². The summed E-state index contributed by atoms with van der Waals surface area (Å²) in [5.74, 6) is -0.108. The predicted molar refractivity (Wildman–Crippen MR) is 54.0 cm³/mol. The number of carbonyl (C=O) groups is 1. The van der Waals surface area contributed by atoms with Gasteiger partial charge in [0.15, 0.2) is 11.5 Å². The number of ketones is 1. The van der Waals surface area contributed by atoms with E-state index in [1.807, 2.05) is 6.08 Å². The van der Waals surface area contributed by atoms with Gasteiger partial charge >= 0.3 is 0 Å². The van der Waals surface area contributed by atoms with Crippen molar-refractivity contribution < 1.29 is 4.79 Å². The molecule has 6 heteroatoms. The van der Waals surface area contributed by atoms with Gasteiger partial charge in [-0.1, -0.05) is 0 Å². The zero-order chi connectivity index (χ0) is 10.3. The average molecular weight is 199 g/mol. The lowest BCUT2D eigenvalue weighted by Crippen LogP contribution is -2.26. The maximum atomic E-state index is 11.6. The highest BCUT2D eigenvalue weighted by molar-refractivity contribution is 6.53. The van der Waals surface area contributed by atoms with E-state index < -0.39 is 0 Å². The van der Waals surface area contributed by atoms with Crippen molar-refractivity contribution in [3.8, 4) is 0 Å². The Bertz CT molecular complexity index is 533. The predicted octanol–water partition coefficient (Wildman–Crippen LogP) is 1.03. The van der Waals surface area contributed by atoms with Gasteiger partial charge in [0.2, 0.25) is 0 Å².